The number of hydrogen-bond acceptors (Lipinski definition) is 3. The smallest absolute Gasteiger partial charge is 0.318 e. The van der Waals surface area contributed by atoms with Crippen LogP contribution in [0.15, 0.2) is 0 Å². The lowest BCUT2D eigenvalue weighted by Crippen LogP contribution is -2.35. The fraction of sp³-hybridized carbons (Fsp3) is 0.750. The van der Waals surface area contributed by atoms with Crippen molar-refractivity contribution < 1.29 is 14.3 Å². The summed E-state index contributed by atoms with van der Waals surface area (Å²) in [5.74, 6) is -0.331. The van der Waals surface area contributed by atoms with E-state index in [9.17, 15) is 9.59 Å². The maximum absolute atomic E-state index is 10.9. The third-order valence-corrected chi connectivity index (χ3v) is 1.98. The quantitative estimate of drug-likeness (QED) is 0.657. The van der Waals surface area contributed by atoms with Crippen LogP contribution in [-0.2, 0) is 9.53 Å². The van der Waals surface area contributed by atoms with E-state index in [1.807, 2.05) is 5.32 Å². The topological polar surface area (TPSA) is 81.4 Å². The maximum Gasteiger partial charge on any atom is 0.318 e. The van der Waals surface area contributed by atoms with E-state index in [4.69, 9.17) is 10.5 Å². The minimum Gasteiger partial charge on any atom is -0.378 e. The summed E-state index contributed by atoms with van der Waals surface area (Å²) in [6.45, 7) is 0.780. The van der Waals surface area contributed by atoms with E-state index in [2.05, 4.69) is 0 Å². The van der Waals surface area contributed by atoms with Crippen molar-refractivity contribution in [2.45, 2.75) is 31.8 Å². The van der Waals surface area contributed by atoms with Gasteiger partial charge in [0.2, 0.25) is 5.91 Å². The number of imide groups is 1. The molecule has 1 aliphatic heterocycles. The van der Waals surface area contributed by atoms with Crippen LogP contribution in [0.4, 0.5) is 4.79 Å². The summed E-state index contributed by atoms with van der Waals surface area (Å²) in [5, 5.41) is 2.01. The number of nitrogens with one attached hydrogen (secondary N) is 1. The molecule has 3 N–H and O–H groups in total. The van der Waals surface area contributed by atoms with Crippen LogP contribution >= 0.6 is 0 Å². The van der Waals surface area contributed by atoms with Crippen LogP contribution in [0, 0.1) is 0 Å². The molecule has 1 saturated heterocycles. The molecule has 0 aromatic heterocycles. The second-order valence-corrected chi connectivity index (χ2v) is 3.09. The molecule has 0 saturated carbocycles. The van der Waals surface area contributed by atoms with Crippen LogP contribution in [0.5, 0.6) is 0 Å². The van der Waals surface area contributed by atoms with Gasteiger partial charge >= 0.3 is 6.03 Å². The molecule has 1 unspecified atom stereocenters. The van der Waals surface area contributed by atoms with Crippen molar-refractivity contribution in [2.24, 2.45) is 5.73 Å². The summed E-state index contributed by atoms with van der Waals surface area (Å²) >= 11 is 0. The summed E-state index contributed by atoms with van der Waals surface area (Å²) < 4.78 is 5.31. The molecule has 0 aliphatic carbocycles. The number of primary amides is 1. The third kappa shape index (κ3) is 3.89. The second kappa shape index (κ2) is 4.81. The zero-order valence-corrected chi connectivity index (χ0v) is 7.41. The molecule has 0 radical (unpaired) electrons. The lowest BCUT2D eigenvalue weighted by Gasteiger charge is -2.07. The van der Waals surface area contributed by atoms with E-state index < -0.39 is 6.03 Å². The minimum atomic E-state index is -0.794. The zero-order valence-electron chi connectivity index (χ0n) is 7.41. The van der Waals surface area contributed by atoms with E-state index >= 15 is 0 Å². The van der Waals surface area contributed by atoms with Crippen molar-refractivity contribution >= 4 is 11.9 Å². The summed E-state index contributed by atoms with van der Waals surface area (Å²) in [4.78, 5) is 21.2. The molecule has 74 valence electrons. The molecule has 5 nitrogen and oxygen atoms in total. The Bertz CT molecular complexity index is 200. The molecule has 13 heavy (non-hydrogen) atoms. The summed E-state index contributed by atoms with van der Waals surface area (Å²) in [5.41, 5.74) is 4.77. The lowest BCUT2D eigenvalue weighted by molar-refractivity contribution is -0.120. The van der Waals surface area contributed by atoms with Crippen molar-refractivity contribution in [1.29, 1.82) is 0 Å². The van der Waals surface area contributed by atoms with Crippen LogP contribution in [0.3, 0.4) is 0 Å². The first-order valence-electron chi connectivity index (χ1n) is 4.39. The number of carbonyl (C=O) groups is 2. The number of amides is 3. The van der Waals surface area contributed by atoms with Gasteiger partial charge in [0.1, 0.15) is 0 Å². The Labute approximate surface area is 76.6 Å². The van der Waals surface area contributed by atoms with Crippen LogP contribution in [0.2, 0.25) is 0 Å². The first kappa shape index (κ1) is 9.98. The fourth-order valence-corrected chi connectivity index (χ4v) is 1.36. The van der Waals surface area contributed by atoms with Gasteiger partial charge in [-0.15, -0.1) is 0 Å². The number of rotatable bonds is 3. The van der Waals surface area contributed by atoms with Crippen LogP contribution in [-0.4, -0.2) is 24.6 Å². The number of ether oxygens (including phenoxy) is 1. The average molecular weight is 186 g/mol. The molecule has 3 amide bonds. The van der Waals surface area contributed by atoms with Crippen molar-refractivity contribution in [3.63, 3.8) is 0 Å². The van der Waals surface area contributed by atoms with E-state index in [1.54, 1.807) is 0 Å². The molecule has 1 aliphatic rings. The van der Waals surface area contributed by atoms with E-state index in [1.165, 1.54) is 0 Å². The van der Waals surface area contributed by atoms with Gasteiger partial charge < -0.3 is 10.5 Å². The fourth-order valence-electron chi connectivity index (χ4n) is 1.36. The van der Waals surface area contributed by atoms with Gasteiger partial charge in [-0.1, -0.05) is 0 Å². The van der Waals surface area contributed by atoms with Crippen LogP contribution in [0.1, 0.15) is 25.7 Å². The van der Waals surface area contributed by atoms with Gasteiger partial charge in [-0.05, 0) is 19.3 Å². The van der Waals surface area contributed by atoms with E-state index in [-0.39, 0.29) is 12.0 Å². The van der Waals surface area contributed by atoms with Gasteiger partial charge in [0, 0.05) is 13.0 Å². The Morgan fingerprint density at radius 2 is 2.31 bits per heavy atom. The van der Waals surface area contributed by atoms with Gasteiger partial charge in [-0.25, -0.2) is 4.79 Å². The predicted molar refractivity (Wildman–Crippen MR) is 45.9 cm³/mol. The highest BCUT2D eigenvalue weighted by Gasteiger charge is 2.16. The molecule has 1 heterocycles. The highest BCUT2D eigenvalue weighted by atomic mass is 16.5. The molecule has 1 rings (SSSR count). The van der Waals surface area contributed by atoms with Crippen molar-refractivity contribution in [1.82, 2.24) is 5.32 Å². The third-order valence-electron chi connectivity index (χ3n) is 1.98. The number of urea groups is 1. The van der Waals surface area contributed by atoms with E-state index in [0.29, 0.717) is 12.8 Å². The van der Waals surface area contributed by atoms with Gasteiger partial charge in [-0.3, -0.25) is 10.1 Å². The molecule has 0 spiro atoms. The highest BCUT2D eigenvalue weighted by molar-refractivity contribution is 5.93. The maximum atomic E-state index is 10.9. The van der Waals surface area contributed by atoms with Gasteiger partial charge in [0.05, 0.1) is 6.10 Å². The summed E-state index contributed by atoms with van der Waals surface area (Å²) in [6.07, 6.45) is 3.21. The number of carbonyl (C=O) groups excluding carboxylic acids is 2. The molecule has 1 atom stereocenters. The standard InChI is InChI=1S/C8H14N2O3/c9-8(12)10-7(11)4-3-6-2-1-5-13-6/h6H,1-5H2,(H3,9,10,11,12). The Morgan fingerprint density at radius 3 is 2.85 bits per heavy atom. The second-order valence-electron chi connectivity index (χ2n) is 3.09. The molecule has 0 aromatic rings. The monoisotopic (exact) mass is 186 g/mol. The molecule has 0 aromatic carbocycles. The first-order chi connectivity index (χ1) is 6.18. The normalized spacial score (nSPS) is 21.4. The Kier molecular flexibility index (Phi) is 3.70. The molecular formula is C8H14N2O3. The lowest BCUT2D eigenvalue weighted by atomic mass is 10.1. The predicted octanol–water partition coefficient (Wildman–Crippen LogP) is 0.140. The molecule has 0 bridgehead atoms. The zero-order chi connectivity index (χ0) is 9.68. The van der Waals surface area contributed by atoms with Gasteiger partial charge in [-0.2, -0.15) is 0 Å². The van der Waals surface area contributed by atoms with E-state index in [0.717, 1.165) is 19.4 Å². The Balaban J connectivity index is 2.10. The van der Waals surface area contributed by atoms with Crippen LogP contribution in [0.25, 0.3) is 0 Å². The van der Waals surface area contributed by atoms with Crippen molar-refractivity contribution in [2.75, 3.05) is 6.61 Å². The number of nitrogens with two attached hydrogens (primary N) is 1. The highest BCUT2D eigenvalue weighted by Crippen LogP contribution is 2.16. The largest absolute Gasteiger partial charge is 0.378 e. The van der Waals surface area contributed by atoms with Gasteiger partial charge in [0.15, 0.2) is 0 Å². The molecule has 5 heteroatoms. The first-order valence-corrected chi connectivity index (χ1v) is 4.39. The van der Waals surface area contributed by atoms with Crippen LogP contribution < -0.4 is 11.1 Å². The van der Waals surface area contributed by atoms with Crippen molar-refractivity contribution in [3.05, 3.63) is 0 Å². The van der Waals surface area contributed by atoms with Crippen molar-refractivity contribution in [3.8, 4) is 0 Å². The number of hydrogen-bond donors (Lipinski definition) is 2. The average Bonchev–Trinajstić information content (AvgIpc) is 2.51. The molecule has 1 fully saturated rings. The SMILES string of the molecule is NC(=O)NC(=O)CCC1CCCO1. The van der Waals surface area contributed by atoms with Gasteiger partial charge in [0.25, 0.3) is 0 Å². The molecular weight excluding hydrogens is 172 g/mol. The summed E-state index contributed by atoms with van der Waals surface area (Å²) in [7, 11) is 0. The Hall–Kier alpha value is -1.10. The summed E-state index contributed by atoms with van der Waals surface area (Å²) in [6, 6.07) is -0.794. The minimum absolute atomic E-state index is 0.179. The Morgan fingerprint density at radius 1 is 1.54 bits per heavy atom.